The molecule has 21 heavy (non-hydrogen) atoms. The van der Waals surface area contributed by atoms with Gasteiger partial charge in [0.2, 0.25) is 0 Å². The van der Waals surface area contributed by atoms with Crippen LogP contribution >= 0.6 is 23.2 Å². The van der Waals surface area contributed by atoms with Gasteiger partial charge in [-0.2, -0.15) is 0 Å². The highest BCUT2D eigenvalue weighted by molar-refractivity contribution is 6.31. The van der Waals surface area contributed by atoms with Gasteiger partial charge in [-0.25, -0.2) is 9.37 Å². The molecule has 3 rings (SSSR count). The molecule has 0 spiro atoms. The van der Waals surface area contributed by atoms with Crippen LogP contribution in [0.1, 0.15) is 23.7 Å². The molecule has 0 aliphatic rings. The van der Waals surface area contributed by atoms with Crippen LogP contribution in [-0.4, -0.2) is 9.55 Å². The SMILES string of the molecule is Cc1ccc(F)cc1-n1c(C(C)Cl)nc2cc(Cl)ccc21. The lowest BCUT2D eigenvalue weighted by molar-refractivity contribution is 0.625. The molecule has 0 saturated heterocycles. The van der Waals surface area contributed by atoms with Crippen molar-refractivity contribution in [2.75, 3.05) is 0 Å². The predicted molar refractivity (Wildman–Crippen MR) is 85.0 cm³/mol. The van der Waals surface area contributed by atoms with Crippen LogP contribution in [0, 0.1) is 12.7 Å². The van der Waals surface area contributed by atoms with Crippen LogP contribution in [0.15, 0.2) is 36.4 Å². The maximum atomic E-state index is 13.6. The van der Waals surface area contributed by atoms with Gasteiger partial charge in [-0.15, -0.1) is 11.6 Å². The highest BCUT2D eigenvalue weighted by Crippen LogP contribution is 2.31. The molecule has 1 unspecified atom stereocenters. The summed E-state index contributed by atoms with van der Waals surface area (Å²) in [5, 5.41) is 0.302. The number of aromatic nitrogens is 2. The maximum absolute atomic E-state index is 13.6. The second kappa shape index (κ2) is 5.32. The summed E-state index contributed by atoms with van der Waals surface area (Å²) in [7, 11) is 0. The lowest BCUT2D eigenvalue weighted by Crippen LogP contribution is -2.04. The van der Waals surface area contributed by atoms with Crippen LogP contribution in [0.5, 0.6) is 0 Å². The van der Waals surface area contributed by atoms with Gasteiger partial charge in [0.25, 0.3) is 0 Å². The number of hydrogen-bond acceptors (Lipinski definition) is 1. The third kappa shape index (κ3) is 2.52. The maximum Gasteiger partial charge on any atom is 0.132 e. The molecule has 0 aliphatic carbocycles. The summed E-state index contributed by atoms with van der Waals surface area (Å²) in [6, 6.07) is 10.1. The zero-order valence-corrected chi connectivity index (χ0v) is 13.1. The molecule has 1 heterocycles. The van der Waals surface area contributed by atoms with E-state index in [1.807, 2.05) is 24.5 Å². The average molecular weight is 323 g/mol. The van der Waals surface area contributed by atoms with E-state index in [0.717, 1.165) is 22.3 Å². The molecule has 0 radical (unpaired) electrons. The Labute approximate surface area is 132 Å². The molecule has 5 heteroatoms. The molecule has 108 valence electrons. The van der Waals surface area contributed by atoms with Crippen LogP contribution < -0.4 is 0 Å². The van der Waals surface area contributed by atoms with E-state index in [-0.39, 0.29) is 11.2 Å². The third-order valence-corrected chi connectivity index (χ3v) is 3.84. The van der Waals surface area contributed by atoms with E-state index in [2.05, 4.69) is 4.98 Å². The summed E-state index contributed by atoms with van der Waals surface area (Å²) in [5.41, 5.74) is 3.29. The van der Waals surface area contributed by atoms with Crippen LogP contribution in [0.3, 0.4) is 0 Å². The molecule has 0 saturated carbocycles. The van der Waals surface area contributed by atoms with E-state index in [9.17, 15) is 4.39 Å². The van der Waals surface area contributed by atoms with Gasteiger partial charge < -0.3 is 0 Å². The molecule has 3 aromatic rings. The molecule has 2 aromatic carbocycles. The largest absolute Gasteiger partial charge is 0.295 e. The van der Waals surface area contributed by atoms with Crippen molar-refractivity contribution in [2.24, 2.45) is 0 Å². The van der Waals surface area contributed by atoms with Crippen LogP contribution in [-0.2, 0) is 0 Å². The highest BCUT2D eigenvalue weighted by atomic mass is 35.5. The average Bonchev–Trinajstić information content (AvgIpc) is 2.80. The van der Waals surface area contributed by atoms with Crippen LogP contribution in [0.2, 0.25) is 5.02 Å². The third-order valence-electron chi connectivity index (χ3n) is 3.41. The van der Waals surface area contributed by atoms with Gasteiger partial charge in [-0.3, -0.25) is 4.57 Å². The van der Waals surface area contributed by atoms with Crippen molar-refractivity contribution in [3.63, 3.8) is 0 Å². The molecular weight excluding hydrogens is 310 g/mol. The summed E-state index contributed by atoms with van der Waals surface area (Å²) >= 11 is 12.3. The van der Waals surface area contributed by atoms with Gasteiger partial charge in [-0.05, 0) is 49.7 Å². The molecule has 2 nitrogen and oxygen atoms in total. The summed E-state index contributed by atoms with van der Waals surface area (Å²) < 4.78 is 15.5. The Hall–Kier alpha value is -1.58. The van der Waals surface area contributed by atoms with Crippen LogP contribution in [0.25, 0.3) is 16.7 Å². The van der Waals surface area contributed by atoms with E-state index < -0.39 is 0 Å². The Bertz CT molecular complexity index is 825. The van der Waals surface area contributed by atoms with Crippen molar-refractivity contribution in [1.82, 2.24) is 9.55 Å². The number of alkyl halides is 1. The highest BCUT2D eigenvalue weighted by Gasteiger charge is 2.18. The topological polar surface area (TPSA) is 17.8 Å². The summed E-state index contributed by atoms with van der Waals surface area (Å²) in [5.74, 6) is 0.377. The van der Waals surface area contributed by atoms with Crippen molar-refractivity contribution in [1.29, 1.82) is 0 Å². The summed E-state index contributed by atoms with van der Waals surface area (Å²) in [6.07, 6.45) is 0. The Morgan fingerprint density at radius 2 is 1.95 bits per heavy atom. The van der Waals surface area contributed by atoms with Crippen molar-refractivity contribution < 1.29 is 4.39 Å². The minimum atomic E-state index is -0.307. The second-order valence-corrected chi connectivity index (χ2v) is 6.08. The van der Waals surface area contributed by atoms with E-state index >= 15 is 0 Å². The van der Waals surface area contributed by atoms with Crippen molar-refractivity contribution >= 4 is 34.2 Å². The summed E-state index contributed by atoms with van der Waals surface area (Å²) in [6.45, 7) is 3.77. The Kier molecular flexibility index (Phi) is 3.64. The molecule has 0 N–H and O–H groups in total. The zero-order chi connectivity index (χ0) is 15.1. The minimum Gasteiger partial charge on any atom is -0.295 e. The number of rotatable bonds is 2. The van der Waals surface area contributed by atoms with Gasteiger partial charge in [0.15, 0.2) is 0 Å². The first kappa shape index (κ1) is 14.4. The Balaban J connectivity index is 2.39. The number of hydrogen-bond donors (Lipinski definition) is 0. The van der Waals surface area contributed by atoms with Gasteiger partial charge in [0.1, 0.15) is 11.6 Å². The second-order valence-electron chi connectivity index (χ2n) is 4.99. The number of benzene rings is 2. The number of fused-ring (bicyclic) bond motifs is 1. The van der Waals surface area contributed by atoms with Gasteiger partial charge in [0, 0.05) is 5.02 Å². The first-order chi connectivity index (χ1) is 9.97. The number of halogens is 3. The first-order valence-corrected chi connectivity index (χ1v) is 7.37. The molecule has 1 aromatic heterocycles. The van der Waals surface area contributed by atoms with E-state index in [1.165, 1.54) is 12.1 Å². The minimum absolute atomic E-state index is 0.292. The Morgan fingerprint density at radius 1 is 1.19 bits per heavy atom. The number of aryl methyl sites for hydroxylation is 1. The fraction of sp³-hybridized carbons (Fsp3) is 0.188. The molecule has 0 aliphatic heterocycles. The van der Waals surface area contributed by atoms with Gasteiger partial charge >= 0.3 is 0 Å². The summed E-state index contributed by atoms with van der Waals surface area (Å²) in [4.78, 5) is 4.54. The first-order valence-electron chi connectivity index (χ1n) is 6.56. The monoisotopic (exact) mass is 322 g/mol. The fourth-order valence-electron chi connectivity index (χ4n) is 2.42. The number of imidazole rings is 1. The molecule has 0 bridgehead atoms. The normalized spacial score (nSPS) is 12.8. The standard InChI is InChI=1S/C16H13Cl2FN2/c1-9-3-5-12(19)8-15(9)21-14-6-4-11(18)7-13(14)20-16(21)10(2)17/h3-8,10H,1-2H3. The smallest absolute Gasteiger partial charge is 0.132 e. The Morgan fingerprint density at radius 3 is 2.67 bits per heavy atom. The van der Waals surface area contributed by atoms with Gasteiger partial charge in [0.05, 0.1) is 22.1 Å². The molecule has 1 atom stereocenters. The molecular formula is C16H13Cl2FN2. The van der Waals surface area contributed by atoms with Crippen molar-refractivity contribution in [2.45, 2.75) is 19.2 Å². The van der Waals surface area contributed by atoms with Crippen LogP contribution in [0.4, 0.5) is 4.39 Å². The molecule has 0 amide bonds. The lowest BCUT2D eigenvalue weighted by Gasteiger charge is -2.13. The van der Waals surface area contributed by atoms with Gasteiger partial charge in [-0.1, -0.05) is 17.7 Å². The van der Waals surface area contributed by atoms with E-state index in [4.69, 9.17) is 23.2 Å². The zero-order valence-electron chi connectivity index (χ0n) is 11.6. The predicted octanol–water partition coefficient (Wildman–Crippen LogP) is 5.43. The molecule has 0 fully saturated rings. The number of nitrogens with zero attached hydrogens (tertiary/aromatic N) is 2. The van der Waals surface area contributed by atoms with Crippen molar-refractivity contribution in [3.8, 4) is 5.69 Å². The lowest BCUT2D eigenvalue weighted by atomic mass is 10.2. The van der Waals surface area contributed by atoms with E-state index in [0.29, 0.717) is 10.8 Å². The van der Waals surface area contributed by atoms with E-state index in [1.54, 1.807) is 18.2 Å². The quantitative estimate of drug-likeness (QED) is 0.575. The van der Waals surface area contributed by atoms with Crippen molar-refractivity contribution in [3.05, 3.63) is 58.6 Å². The fourth-order valence-corrected chi connectivity index (χ4v) is 2.73.